The van der Waals surface area contributed by atoms with Gasteiger partial charge < -0.3 is 4.74 Å². The minimum Gasteiger partial charge on any atom is -0.461 e. The zero-order valence-electron chi connectivity index (χ0n) is 10.3. The van der Waals surface area contributed by atoms with Crippen LogP contribution in [0.4, 0.5) is 4.39 Å². The van der Waals surface area contributed by atoms with Crippen molar-refractivity contribution in [3.05, 3.63) is 41.7 Å². The molecule has 0 spiro atoms. The third-order valence-corrected chi connectivity index (χ3v) is 2.72. The van der Waals surface area contributed by atoms with Crippen LogP contribution in [0.2, 0.25) is 0 Å². The Kier molecular flexibility index (Phi) is 5.65. The van der Waals surface area contributed by atoms with Crippen molar-refractivity contribution in [3.63, 3.8) is 0 Å². The highest BCUT2D eigenvalue weighted by Gasteiger charge is 2.01. The minimum absolute atomic E-state index is 0.0228. The maximum absolute atomic E-state index is 12.6. The molecular weight excluding hydrogens is 273 g/mol. The SMILES string of the molecule is CS(=O)(=O)NCCOC(=O)/C=C/c1ccc(F)cc1. The summed E-state index contributed by atoms with van der Waals surface area (Å²) in [6, 6.07) is 5.59. The molecule has 0 heterocycles. The van der Waals surface area contributed by atoms with Gasteiger partial charge in [-0.3, -0.25) is 0 Å². The molecule has 1 aromatic rings. The number of halogens is 1. The van der Waals surface area contributed by atoms with Crippen LogP contribution in [0.3, 0.4) is 0 Å². The first kappa shape index (κ1) is 15.3. The summed E-state index contributed by atoms with van der Waals surface area (Å²) < 4.78 is 41.0. The topological polar surface area (TPSA) is 72.5 Å². The van der Waals surface area contributed by atoms with Crippen LogP contribution in [0.25, 0.3) is 6.08 Å². The van der Waals surface area contributed by atoms with Crippen molar-refractivity contribution in [1.29, 1.82) is 0 Å². The van der Waals surface area contributed by atoms with Gasteiger partial charge in [0.25, 0.3) is 0 Å². The van der Waals surface area contributed by atoms with E-state index in [-0.39, 0.29) is 19.0 Å². The minimum atomic E-state index is -3.28. The third kappa shape index (κ3) is 7.32. The average Bonchev–Trinajstić information content (AvgIpc) is 2.33. The fraction of sp³-hybridized carbons (Fsp3) is 0.250. The number of carbonyl (C=O) groups is 1. The Hall–Kier alpha value is -1.73. The number of hydrogen-bond acceptors (Lipinski definition) is 4. The molecule has 0 bridgehead atoms. The molecule has 1 aromatic carbocycles. The molecule has 1 rings (SSSR count). The second-order valence-electron chi connectivity index (χ2n) is 3.72. The Morgan fingerprint density at radius 2 is 2.00 bits per heavy atom. The molecule has 19 heavy (non-hydrogen) atoms. The second kappa shape index (κ2) is 7.01. The van der Waals surface area contributed by atoms with E-state index >= 15 is 0 Å². The number of nitrogens with one attached hydrogen (secondary N) is 1. The standard InChI is InChI=1S/C12H14FNO4S/c1-19(16,17)14-8-9-18-12(15)7-4-10-2-5-11(13)6-3-10/h2-7,14H,8-9H2,1H3/b7-4+. The van der Waals surface area contributed by atoms with Crippen molar-refractivity contribution in [2.24, 2.45) is 0 Å². The van der Waals surface area contributed by atoms with E-state index in [0.29, 0.717) is 5.56 Å². The average molecular weight is 287 g/mol. The summed E-state index contributed by atoms with van der Waals surface area (Å²) in [5, 5.41) is 0. The van der Waals surface area contributed by atoms with E-state index in [9.17, 15) is 17.6 Å². The third-order valence-electron chi connectivity index (χ3n) is 1.99. The van der Waals surface area contributed by atoms with Crippen LogP contribution in [-0.4, -0.2) is 33.8 Å². The monoisotopic (exact) mass is 287 g/mol. The number of benzene rings is 1. The van der Waals surface area contributed by atoms with Gasteiger partial charge in [0.15, 0.2) is 0 Å². The van der Waals surface area contributed by atoms with E-state index in [1.807, 2.05) is 0 Å². The maximum atomic E-state index is 12.6. The molecule has 0 aliphatic rings. The zero-order valence-corrected chi connectivity index (χ0v) is 11.1. The Balaban J connectivity index is 2.33. The number of rotatable bonds is 6. The summed E-state index contributed by atoms with van der Waals surface area (Å²) in [5.74, 6) is -0.953. The summed E-state index contributed by atoms with van der Waals surface area (Å²) in [6.07, 6.45) is 3.68. The van der Waals surface area contributed by atoms with Gasteiger partial charge in [-0.15, -0.1) is 0 Å². The van der Waals surface area contributed by atoms with Gasteiger partial charge in [-0.1, -0.05) is 12.1 Å². The van der Waals surface area contributed by atoms with Crippen molar-refractivity contribution < 1.29 is 22.3 Å². The Morgan fingerprint density at radius 3 is 2.58 bits per heavy atom. The zero-order chi connectivity index (χ0) is 14.3. The van der Waals surface area contributed by atoms with Gasteiger partial charge in [-0.2, -0.15) is 0 Å². The van der Waals surface area contributed by atoms with Gasteiger partial charge in [0.2, 0.25) is 10.0 Å². The van der Waals surface area contributed by atoms with E-state index in [4.69, 9.17) is 4.74 Å². The highest BCUT2D eigenvalue weighted by atomic mass is 32.2. The quantitative estimate of drug-likeness (QED) is 0.480. The summed E-state index contributed by atoms with van der Waals surface area (Å²) in [4.78, 5) is 11.2. The molecule has 0 atom stereocenters. The lowest BCUT2D eigenvalue weighted by Crippen LogP contribution is -2.26. The summed E-state index contributed by atoms with van der Waals surface area (Å²) in [5.41, 5.74) is 0.660. The first-order valence-electron chi connectivity index (χ1n) is 5.42. The first-order chi connectivity index (χ1) is 8.87. The number of hydrogen-bond donors (Lipinski definition) is 1. The lowest BCUT2D eigenvalue weighted by atomic mass is 10.2. The van der Waals surface area contributed by atoms with E-state index < -0.39 is 16.0 Å². The maximum Gasteiger partial charge on any atom is 0.330 e. The van der Waals surface area contributed by atoms with Gasteiger partial charge in [-0.05, 0) is 23.8 Å². The number of esters is 1. The van der Waals surface area contributed by atoms with Crippen LogP contribution >= 0.6 is 0 Å². The van der Waals surface area contributed by atoms with Gasteiger partial charge in [0, 0.05) is 12.6 Å². The smallest absolute Gasteiger partial charge is 0.330 e. The fourth-order valence-corrected chi connectivity index (χ4v) is 1.62. The molecule has 5 nitrogen and oxygen atoms in total. The molecule has 0 aromatic heterocycles. The Labute approximate surface area is 111 Å². The van der Waals surface area contributed by atoms with Crippen molar-refractivity contribution in [1.82, 2.24) is 4.72 Å². The van der Waals surface area contributed by atoms with Crippen molar-refractivity contribution in [3.8, 4) is 0 Å². The second-order valence-corrected chi connectivity index (χ2v) is 5.55. The molecule has 0 unspecified atom stereocenters. The molecule has 0 saturated carbocycles. The van der Waals surface area contributed by atoms with Crippen molar-refractivity contribution >= 4 is 22.1 Å². The van der Waals surface area contributed by atoms with Gasteiger partial charge in [0.05, 0.1) is 6.26 Å². The number of sulfonamides is 1. The highest BCUT2D eigenvalue weighted by molar-refractivity contribution is 7.88. The van der Waals surface area contributed by atoms with Gasteiger partial charge in [0.1, 0.15) is 12.4 Å². The normalized spacial score (nSPS) is 11.7. The van der Waals surface area contributed by atoms with Crippen LogP contribution in [-0.2, 0) is 19.6 Å². The van der Waals surface area contributed by atoms with E-state index in [1.54, 1.807) is 0 Å². The Bertz CT molecular complexity index is 552. The molecule has 7 heteroatoms. The summed E-state index contributed by atoms with van der Waals surface area (Å²) >= 11 is 0. The summed E-state index contributed by atoms with van der Waals surface area (Å²) in [7, 11) is -3.28. The highest BCUT2D eigenvalue weighted by Crippen LogP contribution is 2.04. The van der Waals surface area contributed by atoms with Gasteiger partial charge in [-0.25, -0.2) is 22.3 Å². The number of ether oxygens (including phenoxy) is 1. The lowest BCUT2D eigenvalue weighted by Gasteiger charge is -2.02. The van der Waals surface area contributed by atoms with E-state index in [2.05, 4.69) is 4.72 Å². The Morgan fingerprint density at radius 1 is 1.37 bits per heavy atom. The lowest BCUT2D eigenvalue weighted by molar-refractivity contribution is -0.137. The van der Waals surface area contributed by atoms with Crippen LogP contribution in [0.5, 0.6) is 0 Å². The molecule has 0 saturated heterocycles. The molecule has 0 amide bonds. The molecule has 0 aliphatic carbocycles. The molecular formula is C12H14FNO4S. The molecule has 0 radical (unpaired) electrons. The van der Waals surface area contributed by atoms with Crippen molar-refractivity contribution in [2.45, 2.75) is 0 Å². The number of carbonyl (C=O) groups excluding carboxylic acids is 1. The molecule has 104 valence electrons. The molecule has 0 fully saturated rings. The molecule has 0 aliphatic heterocycles. The predicted molar refractivity (Wildman–Crippen MR) is 69.2 cm³/mol. The van der Waals surface area contributed by atoms with E-state index in [1.165, 1.54) is 36.4 Å². The fourth-order valence-electron chi connectivity index (χ4n) is 1.16. The first-order valence-corrected chi connectivity index (χ1v) is 7.31. The predicted octanol–water partition coefficient (Wildman–Crippen LogP) is 0.931. The van der Waals surface area contributed by atoms with Crippen LogP contribution in [0.1, 0.15) is 5.56 Å². The largest absolute Gasteiger partial charge is 0.461 e. The van der Waals surface area contributed by atoms with Crippen LogP contribution < -0.4 is 4.72 Å². The van der Waals surface area contributed by atoms with E-state index in [0.717, 1.165) is 6.26 Å². The summed E-state index contributed by atoms with van der Waals surface area (Å²) in [6.45, 7) is -0.0331. The van der Waals surface area contributed by atoms with Crippen LogP contribution in [0, 0.1) is 5.82 Å². The van der Waals surface area contributed by atoms with Gasteiger partial charge >= 0.3 is 5.97 Å². The van der Waals surface area contributed by atoms with Crippen LogP contribution in [0.15, 0.2) is 30.3 Å². The van der Waals surface area contributed by atoms with Crippen molar-refractivity contribution in [2.75, 3.05) is 19.4 Å². The molecule has 1 N–H and O–H groups in total.